The SMILES string of the molecule is CC[C@@H](C(=O)NC)N(Cc1ccc(OC)cc1)C(=O)CN(c1ccc2c(c1)OCO2)S(=O)(=O)CC. The van der Waals surface area contributed by atoms with Gasteiger partial charge >= 0.3 is 0 Å². The van der Waals surface area contributed by atoms with E-state index in [1.165, 1.54) is 24.9 Å². The number of hydrogen-bond acceptors (Lipinski definition) is 7. The van der Waals surface area contributed by atoms with Gasteiger partial charge in [0.25, 0.3) is 0 Å². The van der Waals surface area contributed by atoms with Crippen molar-refractivity contribution in [3.63, 3.8) is 0 Å². The van der Waals surface area contributed by atoms with Gasteiger partial charge in [0, 0.05) is 19.7 Å². The van der Waals surface area contributed by atoms with Crippen molar-refractivity contribution in [1.29, 1.82) is 0 Å². The molecule has 10 nitrogen and oxygen atoms in total. The van der Waals surface area contributed by atoms with E-state index in [9.17, 15) is 18.0 Å². The molecule has 0 bridgehead atoms. The number of ether oxygens (including phenoxy) is 3. The van der Waals surface area contributed by atoms with E-state index in [2.05, 4.69) is 5.32 Å². The molecule has 2 aromatic rings. The molecule has 0 fully saturated rings. The van der Waals surface area contributed by atoms with Crippen LogP contribution in [0.5, 0.6) is 17.2 Å². The average Bonchev–Trinajstić information content (AvgIpc) is 3.35. The number of amides is 2. The van der Waals surface area contributed by atoms with Crippen LogP contribution in [0.1, 0.15) is 25.8 Å². The lowest BCUT2D eigenvalue weighted by Crippen LogP contribution is -2.52. The molecule has 0 aromatic heterocycles. The zero-order valence-corrected chi connectivity index (χ0v) is 21.1. The summed E-state index contributed by atoms with van der Waals surface area (Å²) < 4.78 is 43.0. The number of nitrogens with one attached hydrogen (secondary N) is 1. The largest absolute Gasteiger partial charge is 0.497 e. The topological polar surface area (TPSA) is 114 Å². The van der Waals surface area contributed by atoms with E-state index in [-0.39, 0.29) is 30.7 Å². The number of anilines is 1. The second kappa shape index (κ2) is 11.3. The molecule has 0 saturated heterocycles. The van der Waals surface area contributed by atoms with Crippen molar-refractivity contribution in [3.8, 4) is 17.2 Å². The Labute approximate surface area is 205 Å². The molecule has 0 saturated carbocycles. The predicted octanol–water partition coefficient (Wildman–Crippen LogP) is 2.13. The second-order valence-electron chi connectivity index (χ2n) is 7.85. The summed E-state index contributed by atoms with van der Waals surface area (Å²) >= 11 is 0. The first-order valence-electron chi connectivity index (χ1n) is 11.3. The number of fused-ring (bicyclic) bond motifs is 1. The standard InChI is InChI=1S/C24H31N3O7S/c1-5-20(24(29)25-3)26(14-17-7-10-19(32-4)11-8-17)23(28)15-27(35(30,31)6-2)18-9-12-21-22(13-18)34-16-33-21/h7-13,20H,5-6,14-16H2,1-4H3,(H,25,29)/t20-/m0/s1. The van der Waals surface area contributed by atoms with Crippen LogP contribution in [0.25, 0.3) is 0 Å². The van der Waals surface area contributed by atoms with Gasteiger partial charge in [-0.15, -0.1) is 0 Å². The third kappa shape index (κ3) is 5.97. The zero-order valence-electron chi connectivity index (χ0n) is 20.3. The minimum atomic E-state index is -3.83. The first kappa shape index (κ1) is 26.1. The van der Waals surface area contributed by atoms with E-state index in [0.29, 0.717) is 23.7 Å². The quantitative estimate of drug-likeness (QED) is 0.498. The monoisotopic (exact) mass is 505 g/mol. The number of carbonyl (C=O) groups is 2. The molecule has 190 valence electrons. The number of likely N-dealkylation sites (N-methyl/N-ethyl adjacent to an activating group) is 1. The van der Waals surface area contributed by atoms with Gasteiger partial charge in [-0.1, -0.05) is 19.1 Å². The summed E-state index contributed by atoms with van der Waals surface area (Å²) in [6.45, 7) is 2.99. The fraction of sp³-hybridized carbons (Fsp3) is 0.417. The minimum Gasteiger partial charge on any atom is -0.497 e. The van der Waals surface area contributed by atoms with Gasteiger partial charge in [0.15, 0.2) is 11.5 Å². The fourth-order valence-electron chi connectivity index (χ4n) is 3.77. The van der Waals surface area contributed by atoms with E-state index < -0.39 is 28.5 Å². The molecule has 11 heteroatoms. The molecule has 3 rings (SSSR count). The third-order valence-electron chi connectivity index (χ3n) is 5.77. The summed E-state index contributed by atoms with van der Waals surface area (Å²) in [6.07, 6.45) is 0.353. The highest BCUT2D eigenvalue weighted by atomic mass is 32.2. The maximum Gasteiger partial charge on any atom is 0.244 e. The summed E-state index contributed by atoms with van der Waals surface area (Å²) in [7, 11) is -0.768. The molecule has 2 amide bonds. The van der Waals surface area contributed by atoms with E-state index in [1.54, 1.807) is 50.4 Å². The minimum absolute atomic E-state index is 0.0399. The van der Waals surface area contributed by atoms with E-state index in [0.717, 1.165) is 9.87 Å². The summed E-state index contributed by atoms with van der Waals surface area (Å²) in [5.74, 6) is 0.514. The molecule has 0 radical (unpaired) electrons. The summed E-state index contributed by atoms with van der Waals surface area (Å²) in [4.78, 5) is 27.7. The molecule has 1 heterocycles. The molecule has 1 aliphatic rings. The lowest BCUT2D eigenvalue weighted by molar-refractivity contribution is -0.140. The first-order valence-corrected chi connectivity index (χ1v) is 12.9. The van der Waals surface area contributed by atoms with Crippen LogP contribution in [-0.4, -0.2) is 64.4 Å². The summed E-state index contributed by atoms with van der Waals surface area (Å²) in [5.41, 5.74) is 1.05. The van der Waals surface area contributed by atoms with Gasteiger partial charge in [0.2, 0.25) is 28.6 Å². The van der Waals surface area contributed by atoms with Crippen LogP contribution in [0.3, 0.4) is 0 Å². The molecule has 1 atom stereocenters. The number of rotatable bonds is 11. The Hall–Kier alpha value is -3.47. The highest BCUT2D eigenvalue weighted by Crippen LogP contribution is 2.36. The van der Waals surface area contributed by atoms with Gasteiger partial charge in [-0.05, 0) is 43.2 Å². The van der Waals surface area contributed by atoms with Gasteiger partial charge in [0.1, 0.15) is 18.3 Å². The number of sulfonamides is 1. The van der Waals surface area contributed by atoms with Crippen molar-refractivity contribution in [2.45, 2.75) is 32.9 Å². The second-order valence-corrected chi connectivity index (χ2v) is 10.0. The molecule has 2 aromatic carbocycles. The van der Waals surface area contributed by atoms with Crippen molar-refractivity contribution in [2.24, 2.45) is 0 Å². The highest BCUT2D eigenvalue weighted by molar-refractivity contribution is 7.92. The van der Waals surface area contributed by atoms with Crippen LogP contribution in [0.2, 0.25) is 0 Å². The normalized spacial score (nSPS) is 13.1. The number of benzene rings is 2. The van der Waals surface area contributed by atoms with Crippen LogP contribution >= 0.6 is 0 Å². The lowest BCUT2D eigenvalue weighted by atomic mass is 10.1. The van der Waals surface area contributed by atoms with Crippen molar-refractivity contribution >= 4 is 27.5 Å². The average molecular weight is 506 g/mol. The lowest BCUT2D eigenvalue weighted by Gasteiger charge is -2.33. The van der Waals surface area contributed by atoms with Gasteiger partial charge in [-0.2, -0.15) is 0 Å². The Kier molecular flexibility index (Phi) is 8.44. The Morgan fingerprint density at radius 1 is 1.09 bits per heavy atom. The highest BCUT2D eigenvalue weighted by Gasteiger charge is 2.32. The predicted molar refractivity (Wildman–Crippen MR) is 131 cm³/mol. The van der Waals surface area contributed by atoms with E-state index in [1.807, 2.05) is 0 Å². The Morgan fingerprint density at radius 3 is 2.37 bits per heavy atom. The molecule has 1 aliphatic heterocycles. The van der Waals surface area contributed by atoms with Crippen molar-refractivity contribution in [2.75, 3.05) is 37.6 Å². The summed E-state index contributed by atoms with van der Waals surface area (Å²) in [5, 5.41) is 2.59. The van der Waals surface area contributed by atoms with E-state index in [4.69, 9.17) is 14.2 Å². The fourth-order valence-corrected chi connectivity index (χ4v) is 4.83. The maximum absolute atomic E-state index is 13.6. The Bertz CT molecular complexity index is 1150. The molecule has 35 heavy (non-hydrogen) atoms. The Balaban J connectivity index is 1.95. The molecule has 1 N–H and O–H groups in total. The Morgan fingerprint density at radius 2 is 1.77 bits per heavy atom. The number of nitrogens with zero attached hydrogens (tertiary/aromatic N) is 2. The molecular weight excluding hydrogens is 474 g/mol. The first-order chi connectivity index (χ1) is 16.7. The van der Waals surface area contributed by atoms with Gasteiger partial charge in [-0.3, -0.25) is 13.9 Å². The number of methoxy groups -OCH3 is 1. The number of carbonyl (C=O) groups excluding carboxylic acids is 2. The third-order valence-corrected chi connectivity index (χ3v) is 7.51. The van der Waals surface area contributed by atoms with Crippen molar-refractivity contribution < 1.29 is 32.2 Å². The van der Waals surface area contributed by atoms with Gasteiger partial charge < -0.3 is 24.4 Å². The van der Waals surface area contributed by atoms with Crippen LogP contribution in [-0.2, 0) is 26.2 Å². The van der Waals surface area contributed by atoms with Crippen molar-refractivity contribution in [1.82, 2.24) is 10.2 Å². The molecule has 0 aliphatic carbocycles. The molecular formula is C24H31N3O7S. The molecule has 0 spiro atoms. The van der Waals surface area contributed by atoms with Crippen molar-refractivity contribution in [3.05, 3.63) is 48.0 Å². The summed E-state index contributed by atoms with van der Waals surface area (Å²) in [6, 6.07) is 11.1. The smallest absolute Gasteiger partial charge is 0.244 e. The van der Waals surface area contributed by atoms with Gasteiger partial charge in [-0.25, -0.2) is 8.42 Å². The number of hydrogen-bond donors (Lipinski definition) is 1. The molecule has 0 unspecified atom stereocenters. The van der Waals surface area contributed by atoms with Crippen LogP contribution < -0.4 is 23.8 Å². The maximum atomic E-state index is 13.6. The van der Waals surface area contributed by atoms with Crippen LogP contribution in [0.4, 0.5) is 5.69 Å². The van der Waals surface area contributed by atoms with Crippen LogP contribution in [0, 0.1) is 0 Å². The van der Waals surface area contributed by atoms with E-state index >= 15 is 0 Å². The zero-order chi connectivity index (χ0) is 25.6. The van der Waals surface area contributed by atoms with Gasteiger partial charge in [0.05, 0.1) is 18.6 Å². The van der Waals surface area contributed by atoms with Crippen LogP contribution in [0.15, 0.2) is 42.5 Å².